The van der Waals surface area contributed by atoms with Crippen molar-refractivity contribution in [3.8, 4) is 0 Å². The molecule has 6 aliphatic rings. The minimum Gasteiger partial charge on any atom is -0.444 e. The zero-order chi connectivity index (χ0) is 45.3. The van der Waals surface area contributed by atoms with Crippen molar-refractivity contribution >= 4 is 65.2 Å². The monoisotopic (exact) mass is 960 g/mol. The van der Waals surface area contributed by atoms with Crippen molar-refractivity contribution in [2.45, 2.75) is 103 Å². The van der Waals surface area contributed by atoms with Gasteiger partial charge in [0.05, 0.1) is 0 Å². The standard InChI is InChI=1S/C18H25ClN2O2.C13H17ClN2.C9H7ClO.C9H18N2O2.ClH/c1-18(2,3)23-17(22)21-10-8-20(9-11-21)16-7-4-13-12-14(19)5-6-15(13)16;14-11-2-3-12-10(9-11)1-4-13(12)16-7-5-15-6-8-16;10-7-2-3-8-6(5-7)1-4-9(8)11;1-9(2,3)13-8(12)11-6-4-10-5-7-11;/h5-6,12,16H,4,7-11H2,1-3H3;2-3,9,13,15H,1,4-8H2;2-3,5H,1,4H2;10H,4-7H2,1-3H3;1H. The van der Waals surface area contributed by atoms with Crippen LogP contribution in [0.25, 0.3) is 0 Å². The Labute approximate surface area is 402 Å². The number of hydrogen-bond donors (Lipinski definition) is 2. The van der Waals surface area contributed by atoms with E-state index in [2.05, 4.69) is 44.7 Å². The van der Waals surface area contributed by atoms with Crippen LogP contribution in [-0.4, -0.2) is 127 Å². The lowest BCUT2D eigenvalue weighted by molar-refractivity contribution is 0.0102. The third-order valence-electron chi connectivity index (χ3n) is 12.1. The molecule has 3 aromatic carbocycles. The van der Waals surface area contributed by atoms with Gasteiger partial charge in [-0.2, -0.15) is 0 Å². The molecule has 0 bridgehead atoms. The Morgan fingerprint density at radius 2 is 0.953 bits per heavy atom. The summed E-state index contributed by atoms with van der Waals surface area (Å²) >= 11 is 17.9. The summed E-state index contributed by atoms with van der Waals surface area (Å²) in [5, 5.41) is 9.01. The van der Waals surface area contributed by atoms with E-state index in [1.807, 2.05) is 70.7 Å². The summed E-state index contributed by atoms with van der Waals surface area (Å²) in [6.07, 6.45) is 5.78. The van der Waals surface area contributed by atoms with E-state index in [1.165, 1.54) is 48.2 Å². The molecule has 0 spiro atoms. The number of amides is 2. The van der Waals surface area contributed by atoms with Gasteiger partial charge < -0.3 is 29.9 Å². The fourth-order valence-electron chi connectivity index (χ4n) is 9.02. The number of piperazine rings is 3. The van der Waals surface area contributed by atoms with E-state index < -0.39 is 5.60 Å². The van der Waals surface area contributed by atoms with Gasteiger partial charge >= 0.3 is 12.2 Å². The zero-order valence-corrected chi connectivity index (χ0v) is 41.5. The number of hydrogen-bond acceptors (Lipinski definition) is 9. The highest BCUT2D eigenvalue weighted by Gasteiger charge is 2.33. The lowest BCUT2D eigenvalue weighted by Crippen LogP contribution is -2.50. The highest BCUT2D eigenvalue weighted by molar-refractivity contribution is 6.31. The number of ketones is 1. The van der Waals surface area contributed by atoms with Gasteiger partial charge in [-0.25, -0.2) is 9.59 Å². The fraction of sp³-hybridized carbons (Fsp3) is 0.571. The molecule has 3 saturated heterocycles. The molecular weight excluding hydrogens is 894 g/mol. The highest BCUT2D eigenvalue weighted by atomic mass is 35.5. The van der Waals surface area contributed by atoms with Crippen molar-refractivity contribution in [1.29, 1.82) is 0 Å². The van der Waals surface area contributed by atoms with Crippen molar-refractivity contribution in [3.05, 3.63) is 103 Å². The van der Waals surface area contributed by atoms with Crippen LogP contribution in [0, 0.1) is 0 Å². The molecule has 3 fully saturated rings. The molecule has 0 aromatic heterocycles. The number of nitrogens with one attached hydrogen (secondary N) is 2. The summed E-state index contributed by atoms with van der Waals surface area (Å²) in [7, 11) is 0. The van der Waals surface area contributed by atoms with Gasteiger partial charge in [0.1, 0.15) is 11.2 Å². The largest absolute Gasteiger partial charge is 0.444 e. The minimum absolute atomic E-state index is 0. The lowest BCUT2D eigenvalue weighted by Gasteiger charge is -2.38. The predicted molar refractivity (Wildman–Crippen MR) is 261 cm³/mol. The Morgan fingerprint density at radius 3 is 1.42 bits per heavy atom. The molecule has 11 nitrogen and oxygen atoms in total. The molecule has 0 radical (unpaired) electrons. The Hall–Kier alpha value is -3.13. The van der Waals surface area contributed by atoms with E-state index in [0.29, 0.717) is 18.5 Å². The number of rotatable bonds is 2. The average Bonchev–Trinajstić information content (AvgIpc) is 3.97. The van der Waals surface area contributed by atoms with Crippen LogP contribution in [0.4, 0.5) is 9.59 Å². The molecule has 0 saturated carbocycles. The van der Waals surface area contributed by atoms with Gasteiger partial charge in [-0.05, 0) is 144 Å². The van der Waals surface area contributed by atoms with Gasteiger partial charge in [-0.1, -0.05) is 46.9 Å². The molecule has 352 valence electrons. The number of Topliss-reactive ketones (excluding diaryl/α,β-unsaturated/α-hetero) is 1. The topological polar surface area (TPSA) is 107 Å². The van der Waals surface area contributed by atoms with E-state index in [4.69, 9.17) is 44.3 Å². The maximum atomic E-state index is 12.1. The van der Waals surface area contributed by atoms with Crippen molar-refractivity contribution in [3.63, 3.8) is 0 Å². The van der Waals surface area contributed by atoms with Crippen LogP contribution in [0.1, 0.15) is 111 Å². The van der Waals surface area contributed by atoms with Crippen molar-refractivity contribution in [2.24, 2.45) is 0 Å². The van der Waals surface area contributed by atoms with Crippen LogP contribution in [0.3, 0.4) is 0 Å². The summed E-state index contributed by atoms with van der Waals surface area (Å²) in [6, 6.07) is 19.2. The number of aryl methyl sites for hydroxylation is 3. The van der Waals surface area contributed by atoms with E-state index in [0.717, 1.165) is 111 Å². The first kappa shape index (κ1) is 51.8. The maximum absolute atomic E-state index is 12.1. The van der Waals surface area contributed by atoms with Crippen molar-refractivity contribution < 1.29 is 23.9 Å². The molecule has 3 aliphatic heterocycles. The number of ether oxygens (including phenoxy) is 2. The van der Waals surface area contributed by atoms with Gasteiger partial charge in [0.25, 0.3) is 0 Å². The highest BCUT2D eigenvalue weighted by Crippen LogP contribution is 2.38. The normalized spacial score (nSPS) is 20.7. The van der Waals surface area contributed by atoms with Crippen molar-refractivity contribution in [2.75, 3.05) is 78.5 Å². The van der Waals surface area contributed by atoms with Crippen LogP contribution in [0.15, 0.2) is 54.6 Å². The lowest BCUT2D eigenvalue weighted by atomic mass is 10.1. The van der Waals surface area contributed by atoms with Crippen LogP contribution in [-0.2, 0) is 28.7 Å². The van der Waals surface area contributed by atoms with E-state index >= 15 is 0 Å². The minimum atomic E-state index is -0.433. The summed E-state index contributed by atoms with van der Waals surface area (Å²) in [4.78, 5) is 43.4. The zero-order valence-electron chi connectivity index (χ0n) is 38.5. The summed E-state index contributed by atoms with van der Waals surface area (Å²) < 4.78 is 10.7. The molecule has 3 heterocycles. The summed E-state index contributed by atoms with van der Waals surface area (Å²) in [5.41, 5.74) is 6.87. The number of carbonyl (C=O) groups excluding carboxylic acids is 3. The Morgan fingerprint density at radius 1 is 0.547 bits per heavy atom. The number of nitrogens with zero attached hydrogens (tertiary/aromatic N) is 4. The van der Waals surface area contributed by atoms with Crippen LogP contribution in [0.2, 0.25) is 15.1 Å². The fourth-order valence-corrected chi connectivity index (χ4v) is 9.60. The van der Waals surface area contributed by atoms with E-state index in [1.54, 1.807) is 11.0 Å². The molecule has 2 N–H and O–H groups in total. The van der Waals surface area contributed by atoms with E-state index in [9.17, 15) is 14.4 Å². The number of benzene rings is 3. The Balaban J connectivity index is 0.000000166. The first-order valence-corrected chi connectivity index (χ1v) is 23.8. The van der Waals surface area contributed by atoms with Crippen molar-refractivity contribution in [1.82, 2.24) is 30.2 Å². The van der Waals surface area contributed by atoms with Gasteiger partial charge in [0, 0.05) is 118 Å². The molecule has 15 heteroatoms. The molecule has 3 aliphatic carbocycles. The van der Waals surface area contributed by atoms with Gasteiger partial charge in [-0.3, -0.25) is 14.6 Å². The van der Waals surface area contributed by atoms with Crippen LogP contribution < -0.4 is 10.6 Å². The summed E-state index contributed by atoms with van der Waals surface area (Å²) in [6.45, 7) is 22.4. The number of fused-ring (bicyclic) bond motifs is 3. The maximum Gasteiger partial charge on any atom is 0.410 e. The second-order valence-electron chi connectivity index (χ2n) is 19.0. The first-order chi connectivity index (χ1) is 29.9. The molecule has 2 amide bonds. The SMILES string of the molecule is CC(C)(C)OC(=O)N1CCN(C2CCc3cc(Cl)ccc32)CC1.CC(C)(C)OC(=O)N1CCNCC1.Cl.Clc1ccc2c(c1)CCC2N1CCNCC1.O=C1CCc2cc(Cl)ccc21. The molecule has 3 aromatic rings. The molecule has 2 unspecified atom stereocenters. The van der Waals surface area contributed by atoms with Gasteiger partial charge in [0.2, 0.25) is 0 Å². The third-order valence-corrected chi connectivity index (χ3v) is 12.8. The molecule has 9 rings (SSSR count). The first-order valence-electron chi connectivity index (χ1n) is 22.7. The third kappa shape index (κ3) is 14.9. The molecular formula is C49H68Cl4N6O5. The summed E-state index contributed by atoms with van der Waals surface area (Å²) in [5.74, 6) is 0.247. The smallest absolute Gasteiger partial charge is 0.410 e. The van der Waals surface area contributed by atoms with Crippen LogP contribution in [0.5, 0.6) is 0 Å². The quantitative estimate of drug-likeness (QED) is 0.260. The second-order valence-corrected chi connectivity index (χ2v) is 20.3. The Kier molecular flexibility index (Phi) is 19.1. The van der Waals surface area contributed by atoms with Gasteiger partial charge in [0.15, 0.2) is 5.78 Å². The van der Waals surface area contributed by atoms with Gasteiger partial charge in [-0.15, -0.1) is 12.4 Å². The molecule has 2 atom stereocenters. The Bertz CT molecular complexity index is 2040. The average molecular weight is 963 g/mol. The van der Waals surface area contributed by atoms with E-state index in [-0.39, 0.29) is 36.0 Å². The predicted octanol–water partition coefficient (Wildman–Crippen LogP) is 9.83. The van der Waals surface area contributed by atoms with Crippen LogP contribution >= 0.6 is 47.2 Å². The molecule has 64 heavy (non-hydrogen) atoms. The number of halogens is 4. The number of carbonyl (C=O) groups is 3. The second kappa shape index (κ2) is 23.5.